The van der Waals surface area contributed by atoms with E-state index in [0.29, 0.717) is 16.3 Å². The Morgan fingerprint density at radius 2 is 1.76 bits per heavy atom. The lowest BCUT2D eigenvalue weighted by Crippen LogP contribution is -2.23. The summed E-state index contributed by atoms with van der Waals surface area (Å²) < 4.78 is 26.9. The molecule has 0 saturated carbocycles. The number of aromatic nitrogens is 1. The van der Waals surface area contributed by atoms with Crippen LogP contribution in [0, 0.1) is 13.8 Å². The summed E-state index contributed by atoms with van der Waals surface area (Å²) >= 11 is 4.79. The molecular weight excluding hydrogens is 474 g/mol. The number of hydrogen-bond donors (Lipinski definition) is 1. The predicted molar refractivity (Wildman–Crippen MR) is 120 cm³/mol. The van der Waals surface area contributed by atoms with Gasteiger partial charge in [0.05, 0.1) is 10.6 Å². The van der Waals surface area contributed by atoms with E-state index in [2.05, 4.69) is 26.2 Å². The third-order valence-electron chi connectivity index (χ3n) is 4.37. The van der Waals surface area contributed by atoms with Crippen LogP contribution >= 0.6 is 27.3 Å². The molecule has 3 aromatic rings. The largest absolute Gasteiger partial charge is 0.298 e. The highest BCUT2D eigenvalue weighted by Gasteiger charge is 2.21. The van der Waals surface area contributed by atoms with Gasteiger partial charge in [0, 0.05) is 34.6 Å². The van der Waals surface area contributed by atoms with Gasteiger partial charge in [-0.15, -0.1) is 11.3 Å². The number of amides is 1. The van der Waals surface area contributed by atoms with Crippen LogP contribution in [0.4, 0.5) is 5.13 Å². The van der Waals surface area contributed by atoms with Crippen molar-refractivity contribution in [3.05, 3.63) is 62.9 Å². The van der Waals surface area contributed by atoms with E-state index in [-0.39, 0.29) is 4.90 Å². The molecule has 0 unspecified atom stereocenters. The normalized spacial score (nSPS) is 11.7. The number of rotatable bonds is 5. The molecule has 29 heavy (non-hydrogen) atoms. The van der Waals surface area contributed by atoms with Crippen molar-refractivity contribution in [2.24, 2.45) is 0 Å². The lowest BCUT2D eigenvalue weighted by molar-refractivity contribution is 0.102. The molecule has 6 nitrogen and oxygen atoms in total. The van der Waals surface area contributed by atoms with Crippen LogP contribution in [0.25, 0.3) is 11.3 Å². The first-order valence-electron chi connectivity index (χ1n) is 8.67. The van der Waals surface area contributed by atoms with Crippen LogP contribution in [-0.2, 0) is 10.0 Å². The zero-order valence-corrected chi connectivity index (χ0v) is 19.6. The Hall–Kier alpha value is -2.07. The molecule has 1 N–H and O–H groups in total. The molecule has 1 aromatic heterocycles. The van der Waals surface area contributed by atoms with Gasteiger partial charge in [0.2, 0.25) is 10.0 Å². The van der Waals surface area contributed by atoms with Crippen molar-refractivity contribution in [3.8, 4) is 11.3 Å². The molecule has 0 bridgehead atoms. The van der Waals surface area contributed by atoms with Gasteiger partial charge in [-0.3, -0.25) is 10.1 Å². The van der Waals surface area contributed by atoms with E-state index in [9.17, 15) is 13.2 Å². The maximum atomic E-state index is 12.8. The van der Waals surface area contributed by atoms with E-state index < -0.39 is 15.9 Å². The molecule has 0 saturated heterocycles. The molecule has 0 radical (unpaired) electrons. The van der Waals surface area contributed by atoms with Crippen LogP contribution in [0.2, 0.25) is 0 Å². The summed E-state index contributed by atoms with van der Waals surface area (Å²) in [6.45, 7) is 3.71. The van der Waals surface area contributed by atoms with Gasteiger partial charge in [0.15, 0.2) is 5.13 Å². The summed E-state index contributed by atoms with van der Waals surface area (Å²) in [6, 6.07) is 12.3. The molecule has 2 aromatic carbocycles. The van der Waals surface area contributed by atoms with Crippen LogP contribution in [-0.4, -0.2) is 37.7 Å². The minimum atomic E-state index is -3.63. The maximum absolute atomic E-state index is 12.8. The average Bonchev–Trinajstić information content (AvgIpc) is 3.02. The Morgan fingerprint density at radius 1 is 1.10 bits per heavy atom. The zero-order valence-electron chi connectivity index (χ0n) is 16.4. The van der Waals surface area contributed by atoms with E-state index in [1.165, 1.54) is 37.6 Å². The van der Waals surface area contributed by atoms with Gasteiger partial charge in [-0.1, -0.05) is 34.1 Å². The number of nitrogens with zero attached hydrogens (tertiary/aromatic N) is 2. The second kappa shape index (κ2) is 8.35. The van der Waals surface area contributed by atoms with Crippen LogP contribution in [0.3, 0.4) is 0 Å². The number of carbonyl (C=O) groups is 1. The first kappa shape index (κ1) is 21.6. The molecule has 0 aliphatic heterocycles. The number of thiazole rings is 1. The lowest BCUT2D eigenvalue weighted by atomic mass is 10.1. The van der Waals surface area contributed by atoms with Crippen LogP contribution in [0.1, 0.15) is 20.8 Å². The van der Waals surface area contributed by atoms with Crippen LogP contribution < -0.4 is 5.32 Å². The summed E-state index contributed by atoms with van der Waals surface area (Å²) in [7, 11) is -0.718. The van der Waals surface area contributed by atoms with E-state index in [1.807, 2.05) is 31.2 Å². The predicted octanol–water partition coefficient (Wildman–Crippen LogP) is 4.69. The van der Waals surface area contributed by atoms with Crippen molar-refractivity contribution >= 4 is 48.3 Å². The minimum Gasteiger partial charge on any atom is -0.298 e. The summed E-state index contributed by atoms with van der Waals surface area (Å²) in [4.78, 5) is 18.4. The van der Waals surface area contributed by atoms with Crippen molar-refractivity contribution in [1.29, 1.82) is 0 Å². The number of sulfonamides is 1. The highest BCUT2D eigenvalue weighted by atomic mass is 79.9. The lowest BCUT2D eigenvalue weighted by Gasteiger charge is -2.13. The first-order valence-corrected chi connectivity index (χ1v) is 11.7. The highest BCUT2D eigenvalue weighted by molar-refractivity contribution is 9.10. The molecule has 1 amide bonds. The topological polar surface area (TPSA) is 79.4 Å². The quantitative estimate of drug-likeness (QED) is 0.558. The fourth-order valence-electron chi connectivity index (χ4n) is 2.71. The third kappa shape index (κ3) is 4.58. The van der Waals surface area contributed by atoms with Gasteiger partial charge in [-0.05, 0) is 43.7 Å². The summed E-state index contributed by atoms with van der Waals surface area (Å²) in [5.41, 5.74) is 2.74. The van der Waals surface area contributed by atoms with Gasteiger partial charge in [-0.25, -0.2) is 17.7 Å². The molecule has 0 atom stereocenters. The SMILES string of the molecule is Cc1ccc(S(=O)(=O)N(C)C)cc1C(=O)Nc1nc(-c2ccc(Br)cc2)c(C)s1. The number of nitrogens with one attached hydrogen (secondary N) is 1. The number of aryl methyl sites for hydroxylation is 2. The van der Waals surface area contributed by atoms with Gasteiger partial charge in [0.25, 0.3) is 5.91 Å². The third-order valence-corrected chi connectivity index (χ3v) is 7.59. The summed E-state index contributed by atoms with van der Waals surface area (Å²) in [5, 5.41) is 3.26. The van der Waals surface area contributed by atoms with Crippen LogP contribution in [0.5, 0.6) is 0 Å². The number of carbonyl (C=O) groups excluding carboxylic acids is 1. The van der Waals surface area contributed by atoms with Gasteiger partial charge in [0.1, 0.15) is 0 Å². The Morgan fingerprint density at radius 3 is 2.38 bits per heavy atom. The monoisotopic (exact) mass is 493 g/mol. The Kier molecular flexibility index (Phi) is 6.23. The van der Waals surface area contributed by atoms with E-state index >= 15 is 0 Å². The first-order chi connectivity index (χ1) is 13.6. The molecule has 1 heterocycles. The van der Waals surface area contributed by atoms with Gasteiger partial charge >= 0.3 is 0 Å². The summed E-state index contributed by atoms with van der Waals surface area (Å²) in [6.07, 6.45) is 0. The second-order valence-electron chi connectivity index (χ2n) is 6.65. The molecule has 0 aliphatic rings. The number of hydrogen-bond acceptors (Lipinski definition) is 5. The molecule has 152 valence electrons. The fraction of sp³-hybridized carbons (Fsp3) is 0.200. The van der Waals surface area contributed by atoms with Crippen molar-refractivity contribution < 1.29 is 13.2 Å². The minimum absolute atomic E-state index is 0.0733. The number of benzene rings is 2. The van der Waals surface area contributed by atoms with Gasteiger partial charge < -0.3 is 0 Å². The number of anilines is 1. The second-order valence-corrected chi connectivity index (χ2v) is 10.9. The maximum Gasteiger partial charge on any atom is 0.257 e. The molecule has 9 heteroatoms. The molecule has 0 aliphatic carbocycles. The van der Waals surface area contributed by atoms with Crippen molar-refractivity contribution in [1.82, 2.24) is 9.29 Å². The van der Waals surface area contributed by atoms with Crippen molar-refractivity contribution in [3.63, 3.8) is 0 Å². The van der Waals surface area contributed by atoms with Gasteiger partial charge in [-0.2, -0.15) is 0 Å². The van der Waals surface area contributed by atoms with E-state index in [4.69, 9.17) is 0 Å². The number of halogens is 1. The van der Waals surface area contributed by atoms with E-state index in [0.717, 1.165) is 24.9 Å². The molecule has 0 fully saturated rings. The van der Waals surface area contributed by atoms with Crippen LogP contribution in [0.15, 0.2) is 51.8 Å². The summed E-state index contributed by atoms with van der Waals surface area (Å²) in [5.74, 6) is -0.394. The molecule has 3 rings (SSSR count). The smallest absolute Gasteiger partial charge is 0.257 e. The molecular formula is C20H20BrN3O3S2. The average molecular weight is 494 g/mol. The van der Waals surface area contributed by atoms with Crippen molar-refractivity contribution in [2.75, 3.05) is 19.4 Å². The zero-order chi connectivity index (χ0) is 21.3. The Balaban J connectivity index is 1.90. The molecule has 0 spiro atoms. The van der Waals surface area contributed by atoms with E-state index in [1.54, 1.807) is 13.0 Å². The Bertz CT molecular complexity index is 1170. The highest BCUT2D eigenvalue weighted by Crippen LogP contribution is 2.31. The Labute approximate surface area is 182 Å². The van der Waals surface area contributed by atoms with Crippen molar-refractivity contribution in [2.45, 2.75) is 18.7 Å². The fourth-order valence-corrected chi connectivity index (χ4v) is 4.73. The standard InChI is InChI=1S/C20H20BrN3O3S2/c1-12-5-10-16(29(26,27)24(3)4)11-17(12)19(25)23-20-22-18(13(2)28-20)14-6-8-15(21)9-7-14/h5-11H,1-4H3,(H,22,23,25).